The lowest BCUT2D eigenvalue weighted by atomic mass is 10.4. The number of aromatic nitrogens is 2. The van der Waals surface area contributed by atoms with Crippen molar-refractivity contribution in [1.82, 2.24) is 15.3 Å². The normalized spacial score (nSPS) is 14.2. The van der Waals surface area contributed by atoms with Gasteiger partial charge in [0.15, 0.2) is 0 Å². The van der Waals surface area contributed by atoms with Crippen molar-refractivity contribution in [2.45, 2.75) is 19.3 Å². The summed E-state index contributed by atoms with van der Waals surface area (Å²) in [6.45, 7) is 2.15. The van der Waals surface area contributed by atoms with Crippen LogP contribution in [0.3, 0.4) is 0 Å². The van der Waals surface area contributed by atoms with Gasteiger partial charge in [0.05, 0.1) is 12.4 Å². The fraction of sp³-hybridized carbons (Fsp3) is 0.615. The molecule has 0 aliphatic heterocycles. The van der Waals surface area contributed by atoms with Crippen molar-refractivity contribution < 1.29 is 9.53 Å². The smallest absolute Gasteiger partial charge is 0.271 e. The Kier molecular flexibility index (Phi) is 5.09. The van der Waals surface area contributed by atoms with Crippen LogP contribution in [0.5, 0.6) is 0 Å². The van der Waals surface area contributed by atoms with Crippen LogP contribution in [0.1, 0.15) is 29.8 Å². The van der Waals surface area contributed by atoms with E-state index < -0.39 is 0 Å². The van der Waals surface area contributed by atoms with Crippen LogP contribution in [0, 0.1) is 5.92 Å². The summed E-state index contributed by atoms with van der Waals surface area (Å²) in [6, 6.07) is 0. The molecule has 1 saturated carbocycles. The maximum atomic E-state index is 11.8. The van der Waals surface area contributed by atoms with E-state index in [1.807, 2.05) is 0 Å². The second kappa shape index (κ2) is 7.04. The molecule has 1 amide bonds. The average Bonchev–Trinajstić information content (AvgIpc) is 3.26. The fourth-order valence-electron chi connectivity index (χ4n) is 1.60. The van der Waals surface area contributed by atoms with Gasteiger partial charge in [0.25, 0.3) is 5.91 Å². The van der Waals surface area contributed by atoms with Gasteiger partial charge >= 0.3 is 0 Å². The molecular weight excluding hydrogens is 244 g/mol. The van der Waals surface area contributed by atoms with Gasteiger partial charge in [-0.25, -0.2) is 4.98 Å². The SMILES string of the molecule is CNc1cncc(C(=O)NCCCOCC2CC2)n1. The highest BCUT2D eigenvalue weighted by Crippen LogP contribution is 2.28. The first-order valence-electron chi connectivity index (χ1n) is 6.65. The molecule has 0 unspecified atom stereocenters. The first-order chi connectivity index (χ1) is 9.29. The van der Waals surface area contributed by atoms with Gasteiger partial charge in [-0.15, -0.1) is 0 Å². The van der Waals surface area contributed by atoms with E-state index in [2.05, 4.69) is 20.6 Å². The summed E-state index contributed by atoms with van der Waals surface area (Å²) in [5.41, 5.74) is 0.325. The average molecular weight is 264 g/mol. The van der Waals surface area contributed by atoms with Crippen LogP contribution in [0.2, 0.25) is 0 Å². The molecule has 0 radical (unpaired) electrons. The topological polar surface area (TPSA) is 76.1 Å². The third-order valence-electron chi connectivity index (χ3n) is 2.92. The highest BCUT2D eigenvalue weighted by molar-refractivity contribution is 5.92. The Bertz CT molecular complexity index is 421. The molecule has 1 aliphatic rings. The molecule has 0 saturated heterocycles. The van der Waals surface area contributed by atoms with Gasteiger partial charge in [0.1, 0.15) is 11.5 Å². The number of nitrogens with one attached hydrogen (secondary N) is 2. The minimum Gasteiger partial charge on any atom is -0.381 e. The molecule has 1 aliphatic carbocycles. The minimum atomic E-state index is -0.202. The monoisotopic (exact) mass is 264 g/mol. The van der Waals surface area contributed by atoms with Crippen LogP contribution in [0.15, 0.2) is 12.4 Å². The lowest BCUT2D eigenvalue weighted by Gasteiger charge is -2.06. The predicted molar refractivity (Wildman–Crippen MR) is 72.1 cm³/mol. The van der Waals surface area contributed by atoms with Crippen molar-refractivity contribution in [3.63, 3.8) is 0 Å². The van der Waals surface area contributed by atoms with Crippen LogP contribution >= 0.6 is 0 Å². The predicted octanol–water partition coefficient (Wildman–Crippen LogP) is 1.06. The molecule has 1 heterocycles. The molecule has 1 aromatic rings. The number of anilines is 1. The number of carbonyl (C=O) groups excluding carboxylic acids is 1. The first kappa shape index (κ1) is 13.7. The molecule has 1 fully saturated rings. The highest BCUT2D eigenvalue weighted by Gasteiger charge is 2.20. The quantitative estimate of drug-likeness (QED) is 0.687. The third-order valence-corrected chi connectivity index (χ3v) is 2.92. The molecule has 0 spiro atoms. The van der Waals surface area contributed by atoms with Gasteiger partial charge in [-0.05, 0) is 25.2 Å². The fourth-order valence-corrected chi connectivity index (χ4v) is 1.60. The molecule has 6 nitrogen and oxygen atoms in total. The van der Waals surface area contributed by atoms with Crippen LogP contribution in [0.4, 0.5) is 5.82 Å². The van der Waals surface area contributed by atoms with Gasteiger partial charge in [-0.3, -0.25) is 9.78 Å². The molecular formula is C13H20N4O2. The molecule has 0 aromatic carbocycles. The van der Waals surface area contributed by atoms with E-state index in [0.29, 0.717) is 24.7 Å². The van der Waals surface area contributed by atoms with Gasteiger partial charge in [-0.1, -0.05) is 0 Å². The Morgan fingerprint density at radius 3 is 3.05 bits per heavy atom. The molecule has 2 N–H and O–H groups in total. The van der Waals surface area contributed by atoms with Crippen LogP contribution in [-0.4, -0.2) is 42.7 Å². The largest absolute Gasteiger partial charge is 0.381 e. The third kappa shape index (κ3) is 4.82. The van der Waals surface area contributed by atoms with Gasteiger partial charge in [0, 0.05) is 26.8 Å². The summed E-state index contributed by atoms with van der Waals surface area (Å²) in [5.74, 6) is 1.17. The van der Waals surface area contributed by atoms with E-state index in [1.165, 1.54) is 19.0 Å². The highest BCUT2D eigenvalue weighted by atomic mass is 16.5. The Morgan fingerprint density at radius 1 is 1.47 bits per heavy atom. The van der Waals surface area contributed by atoms with Crippen LogP contribution in [-0.2, 0) is 4.74 Å². The van der Waals surface area contributed by atoms with E-state index in [9.17, 15) is 4.79 Å². The lowest BCUT2D eigenvalue weighted by molar-refractivity contribution is 0.0932. The Labute approximate surface area is 113 Å². The molecule has 1 aromatic heterocycles. The molecule has 2 rings (SSSR count). The summed E-state index contributed by atoms with van der Waals surface area (Å²) in [6.07, 6.45) is 6.45. The number of carbonyl (C=O) groups is 1. The maximum absolute atomic E-state index is 11.8. The first-order valence-corrected chi connectivity index (χ1v) is 6.65. The van der Waals surface area contributed by atoms with Crippen molar-refractivity contribution >= 4 is 11.7 Å². The summed E-state index contributed by atoms with van der Waals surface area (Å²) < 4.78 is 5.49. The van der Waals surface area contributed by atoms with Gasteiger partial charge in [0.2, 0.25) is 0 Å². The Balaban J connectivity index is 1.62. The lowest BCUT2D eigenvalue weighted by Crippen LogP contribution is -2.26. The zero-order chi connectivity index (χ0) is 13.5. The van der Waals surface area contributed by atoms with E-state index in [0.717, 1.165) is 18.9 Å². The van der Waals surface area contributed by atoms with Crippen molar-refractivity contribution in [3.05, 3.63) is 18.1 Å². The molecule has 19 heavy (non-hydrogen) atoms. The van der Waals surface area contributed by atoms with E-state index in [4.69, 9.17) is 4.74 Å². The summed E-state index contributed by atoms with van der Waals surface area (Å²) in [5, 5.41) is 5.65. The van der Waals surface area contributed by atoms with Gasteiger partial charge in [-0.2, -0.15) is 0 Å². The van der Waals surface area contributed by atoms with Crippen LogP contribution < -0.4 is 10.6 Å². The zero-order valence-electron chi connectivity index (χ0n) is 11.2. The number of amides is 1. The molecule has 6 heteroatoms. The maximum Gasteiger partial charge on any atom is 0.271 e. The van der Waals surface area contributed by atoms with Crippen molar-refractivity contribution in [2.75, 3.05) is 32.1 Å². The van der Waals surface area contributed by atoms with E-state index >= 15 is 0 Å². The van der Waals surface area contributed by atoms with Crippen molar-refractivity contribution in [3.8, 4) is 0 Å². The Hall–Kier alpha value is -1.69. The van der Waals surface area contributed by atoms with E-state index in [1.54, 1.807) is 13.2 Å². The number of hydrogen-bond donors (Lipinski definition) is 2. The molecule has 0 bridgehead atoms. The summed E-state index contributed by atoms with van der Waals surface area (Å²) in [4.78, 5) is 19.9. The zero-order valence-corrected chi connectivity index (χ0v) is 11.2. The second-order valence-electron chi connectivity index (χ2n) is 4.67. The number of nitrogens with zero attached hydrogens (tertiary/aromatic N) is 2. The number of rotatable bonds is 8. The van der Waals surface area contributed by atoms with Crippen molar-refractivity contribution in [1.29, 1.82) is 0 Å². The van der Waals surface area contributed by atoms with E-state index in [-0.39, 0.29) is 5.91 Å². The second-order valence-corrected chi connectivity index (χ2v) is 4.67. The van der Waals surface area contributed by atoms with Crippen molar-refractivity contribution in [2.24, 2.45) is 5.92 Å². The standard InChI is InChI=1S/C13H20N4O2/c1-14-12-8-15-7-11(17-12)13(18)16-5-2-6-19-9-10-3-4-10/h7-8,10H,2-6,9H2,1H3,(H,14,17)(H,16,18). The minimum absolute atomic E-state index is 0.202. The van der Waals surface area contributed by atoms with Crippen LogP contribution in [0.25, 0.3) is 0 Å². The molecule has 104 valence electrons. The summed E-state index contributed by atoms with van der Waals surface area (Å²) >= 11 is 0. The summed E-state index contributed by atoms with van der Waals surface area (Å²) in [7, 11) is 1.74. The van der Waals surface area contributed by atoms with Gasteiger partial charge < -0.3 is 15.4 Å². The number of hydrogen-bond acceptors (Lipinski definition) is 5. The molecule has 0 atom stereocenters. The Morgan fingerprint density at radius 2 is 2.32 bits per heavy atom. The number of ether oxygens (including phenoxy) is 1.